The number of rotatable bonds is 5. The summed E-state index contributed by atoms with van der Waals surface area (Å²) in [6.07, 6.45) is 5.45. The van der Waals surface area contributed by atoms with Crippen molar-refractivity contribution in [3.05, 3.63) is 30.0 Å². The molecule has 0 bridgehead atoms. The van der Waals surface area contributed by atoms with E-state index in [0.29, 0.717) is 0 Å². The molecule has 0 N–H and O–H groups in total. The van der Waals surface area contributed by atoms with Crippen LogP contribution in [0.1, 0.15) is 31.4 Å². The summed E-state index contributed by atoms with van der Waals surface area (Å²) in [6.45, 7) is 2.08. The molecular formula is C16H22BrN3. The summed E-state index contributed by atoms with van der Waals surface area (Å²) < 4.78 is 2.01. The summed E-state index contributed by atoms with van der Waals surface area (Å²) in [5.41, 5.74) is 2.45. The molecule has 1 aliphatic rings. The molecule has 0 atom stereocenters. The third-order valence-electron chi connectivity index (χ3n) is 4.40. The second kappa shape index (κ2) is 6.27. The third-order valence-corrected chi connectivity index (χ3v) is 4.75. The third kappa shape index (κ3) is 2.77. The highest BCUT2D eigenvalue weighted by atomic mass is 79.9. The fourth-order valence-corrected chi connectivity index (χ4v) is 3.82. The van der Waals surface area contributed by atoms with Gasteiger partial charge in [-0.15, -0.1) is 0 Å². The molecule has 0 saturated heterocycles. The summed E-state index contributed by atoms with van der Waals surface area (Å²) in [7, 11) is 2.04. The highest BCUT2D eigenvalue weighted by Gasteiger charge is 2.23. The van der Waals surface area contributed by atoms with E-state index < -0.39 is 0 Å². The van der Waals surface area contributed by atoms with E-state index in [4.69, 9.17) is 5.10 Å². The molecule has 0 radical (unpaired) electrons. The molecule has 0 spiro atoms. The average molecular weight is 336 g/mol. The lowest BCUT2D eigenvalue weighted by molar-refractivity contribution is 0.200. The van der Waals surface area contributed by atoms with Crippen LogP contribution in [0.5, 0.6) is 0 Å². The molecule has 108 valence electrons. The van der Waals surface area contributed by atoms with Crippen LogP contribution in [-0.2, 0) is 13.6 Å². The number of hydrogen-bond donors (Lipinski definition) is 0. The van der Waals surface area contributed by atoms with Gasteiger partial charge < -0.3 is 0 Å². The SMILES string of the molecule is Cn1nc(CN(CCBr)C2CCCC2)c2ccccc21. The van der Waals surface area contributed by atoms with E-state index >= 15 is 0 Å². The lowest BCUT2D eigenvalue weighted by Gasteiger charge is -2.27. The molecule has 0 amide bonds. The van der Waals surface area contributed by atoms with E-state index in [1.54, 1.807) is 0 Å². The largest absolute Gasteiger partial charge is 0.294 e. The maximum Gasteiger partial charge on any atom is 0.0843 e. The number of fused-ring (bicyclic) bond motifs is 1. The monoisotopic (exact) mass is 335 g/mol. The van der Waals surface area contributed by atoms with Gasteiger partial charge in [0.2, 0.25) is 0 Å². The lowest BCUT2D eigenvalue weighted by Crippen LogP contribution is -2.34. The van der Waals surface area contributed by atoms with Gasteiger partial charge in [0.25, 0.3) is 0 Å². The van der Waals surface area contributed by atoms with Gasteiger partial charge in [0, 0.05) is 36.9 Å². The molecule has 1 fully saturated rings. The van der Waals surface area contributed by atoms with Crippen LogP contribution in [-0.4, -0.2) is 32.6 Å². The average Bonchev–Trinajstić information content (AvgIpc) is 3.08. The Labute approximate surface area is 129 Å². The highest BCUT2D eigenvalue weighted by Crippen LogP contribution is 2.26. The van der Waals surface area contributed by atoms with Crippen molar-refractivity contribution in [2.24, 2.45) is 7.05 Å². The second-order valence-electron chi connectivity index (χ2n) is 5.69. The quantitative estimate of drug-likeness (QED) is 0.776. The summed E-state index contributed by atoms with van der Waals surface area (Å²) in [6, 6.07) is 9.28. The van der Waals surface area contributed by atoms with Crippen LogP contribution in [0.25, 0.3) is 10.9 Å². The number of aryl methyl sites for hydroxylation is 1. The molecule has 3 rings (SSSR count). The molecule has 3 nitrogen and oxygen atoms in total. The van der Waals surface area contributed by atoms with E-state index in [1.165, 1.54) is 42.3 Å². The standard InChI is InChI=1S/C16H22BrN3/c1-19-16-9-5-4-8-14(16)15(18-19)12-20(11-10-17)13-6-2-3-7-13/h4-5,8-9,13H,2-3,6-7,10-12H2,1H3. The zero-order valence-corrected chi connectivity index (χ0v) is 13.6. The Morgan fingerprint density at radius 1 is 1.30 bits per heavy atom. The van der Waals surface area contributed by atoms with Crippen molar-refractivity contribution < 1.29 is 0 Å². The van der Waals surface area contributed by atoms with E-state index in [2.05, 4.69) is 45.1 Å². The van der Waals surface area contributed by atoms with Crippen molar-refractivity contribution in [3.8, 4) is 0 Å². The number of nitrogens with zero attached hydrogens (tertiary/aromatic N) is 3. The Balaban J connectivity index is 1.86. The lowest BCUT2D eigenvalue weighted by atomic mass is 10.1. The first-order valence-electron chi connectivity index (χ1n) is 7.50. The van der Waals surface area contributed by atoms with E-state index in [9.17, 15) is 0 Å². The Morgan fingerprint density at radius 3 is 2.80 bits per heavy atom. The molecular weight excluding hydrogens is 314 g/mol. The Morgan fingerprint density at radius 2 is 2.05 bits per heavy atom. The smallest absolute Gasteiger partial charge is 0.0843 e. The molecule has 0 unspecified atom stereocenters. The fraction of sp³-hybridized carbons (Fsp3) is 0.562. The zero-order chi connectivity index (χ0) is 13.9. The number of benzene rings is 1. The molecule has 2 aromatic rings. The van der Waals surface area contributed by atoms with Gasteiger partial charge in [-0.05, 0) is 18.9 Å². The van der Waals surface area contributed by atoms with Gasteiger partial charge in [-0.2, -0.15) is 5.10 Å². The van der Waals surface area contributed by atoms with E-state index in [0.717, 1.165) is 24.5 Å². The maximum atomic E-state index is 4.74. The van der Waals surface area contributed by atoms with E-state index in [-0.39, 0.29) is 0 Å². The predicted octanol–water partition coefficient (Wildman–Crippen LogP) is 3.71. The Hall–Kier alpha value is -0.870. The van der Waals surface area contributed by atoms with Gasteiger partial charge in [-0.3, -0.25) is 9.58 Å². The molecule has 0 aliphatic heterocycles. The van der Waals surface area contributed by atoms with Crippen LogP contribution in [0.15, 0.2) is 24.3 Å². The molecule has 1 heterocycles. The van der Waals surface area contributed by atoms with Crippen molar-refractivity contribution >= 4 is 26.8 Å². The van der Waals surface area contributed by atoms with Crippen molar-refractivity contribution in [2.75, 3.05) is 11.9 Å². The van der Waals surface area contributed by atoms with Crippen molar-refractivity contribution in [1.82, 2.24) is 14.7 Å². The predicted molar refractivity (Wildman–Crippen MR) is 87.2 cm³/mol. The number of aromatic nitrogens is 2. The topological polar surface area (TPSA) is 21.1 Å². The van der Waals surface area contributed by atoms with Crippen LogP contribution < -0.4 is 0 Å². The van der Waals surface area contributed by atoms with Crippen molar-refractivity contribution in [1.29, 1.82) is 0 Å². The first-order chi connectivity index (χ1) is 9.79. The van der Waals surface area contributed by atoms with Crippen molar-refractivity contribution in [2.45, 2.75) is 38.3 Å². The van der Waals surface area contributed by atoms with Gasteiger partial charge in [0.05, 0.1) is 11.2 Å². The molecule has 20 heavy (non-hydrogen) atoms. The molecule has 1 aromatic carbocycles. The highest BCUT2D eigenvalue weighted by molar-refractivity contribution is 9.09. The molecule has 1 aliphatic carbocycles. The summed E-state index contributed by atoms with van der Waals surface area (Å²) in [5, 5.41) is 7.08. The normalized spacial score (nSPS) is 16.6. The Bertz CT molecular complexity index is 572. The van der Waals surface area contributed by atoms with Crippen molar-refractivity contribution in [3.63, 3.8) is 0 Å². The van der Waals surface area contributed by atoms with Gasteiger partial charge in [0.15, 0.2) is 0 Å². The van der Waals surface area contributed by atoms with Crippen LogP contribution in [0.2, 0.25) is 0 Å². The number of para-hydroxylation sites is 1. The maximum absolute atomic E-state index is 4.74. The van der Waals surface area contributed by atoms with Gasteiger partial charge in [0.1, 0.15) is 0 Å². The molecule has 4 heteroatoms. The Kier molecular flexibility index (Phi) is 4.41. The second-order valence-corrected chi connectivity index (χ2v) is 6.48. The minimum Gasteiger partial charge on any atom is -0.294 e. The van der Waals surface area contributed by atoms with E-state index in [1.807, 2.05) is 11.7 Å². The van der Waals surface area contributed by atoms with Crippen LogP contribution >= 0.6 is 15.9 Å². The minimum absolute atomic E-state index is 0.744. The van der Waals surface area contributed by atoms with Crippen LogP contribution in [0.4, 0.5) is 0 Å². The van der Waals surface area contributed by atoms with Crippen LogP contribution in [0, 0.1) is 0 Å². The van der Waals surface area contributed by atoms with Gasteiger partial charge in [-0.1, -0.05) is 47.0 Å². The first-order valence-corrected chi connectivity index (χ1v) is 8.62. The minimum atomic E-state index is 0.744. The summed E-state index contributed by atoms with van der Waals surface area (Å²) in [4.78, 5) is 2.61. The first kappa shape index (κ1) is 14.1. The summed E-state index contributed by atoms with van der Waals surface area (Å²) in [5.74, 6) is 0. The fourth-order valence-electron chi connectivity index (χ4n) is 3.37. The van der Waals surface area contributed by atoms with Crippen LogP contribution in [0.3, 0.4) is 0 Å². The van der Waals surface area contributed by atoms with Gasteiger partial charge in [-0.25, -0.2) is 0 Å². The summed E-state index contributed by atoms with van der Waals surface area (Å²) >= 11 is 3.60. The number of alkyl halides is 1. The number of halogens is 1. The molecule has 1 aromatic heterocycles. The number of hydrogen-bond acceptors (Lipinski definition) is 2. The van der Waals surface area contributed by atoms with Gasteiger partial charge >= 0.3 is 0 Å². The zero-order valence-electron chi connectivity index (χ0n) is 12.1. The molecule has 1 saturated carbocycles.